The van der Waals surface area contributed by atoms with Gasteiger partial charge in [-0.05, 0) is 39.2 Å². The number of nitrogens with one attached hydrogen (secondary N) is 1. The number of carboxylic acid groups (broad SMARTS) is 1. The number of nitrogens with zero attached hydrogens (tertiary/aromatic N) is 1. The lowest BCUT2D eigenvalue weighted by molar-refractivity contribution is -0.139. The second-order valence-corrected chi connectivity index (χ2v) is 4.99. The highest BCUT2D eigenvalue weighted by Crippen LogP contribution is 2.12. The van der Waals surface area contributed by atoms with Crippen LogP contribution in [0.1, 0.15) is 25.7 Å². The Morgan fingerprint density at radius 3 is 2.83 bits per heavy atom. The van der Waals surface area contributed by atoms with Gasteiger partial charge in [0.2, 0.25) is 0 Å². The molecule has 18 heavy (non-hydrogen) atoms. The average molecular weight is 258 g/mol. The fraction of sp³-hybridized carbons (Fsp3) is 0.909. The van der Waals surface area contributed by atoms with Gasteiger partial charge in [0.25, 0.3) is 0 Å². The molecular formula is C11H23BN2O4. The summed E-state index contributed by atoms with van der Waals surface area (Å²) in [5.74, 6) is -0.788. The Morgan fingerprint density at radius 1 is 1.50 bits per heavy atom. The van der Waals surface area contributed by atoms with Gasteiger partial charge in [-0.2, -0.15) is 0 Å². The Labute approximate surface area is 108 Å². The summed E-state index contributed by atoms with van der Waals surface area (Å²) in [6.45, 7) is 1.52. The molecule has 0 aliphatic carbocycles. The van der Waals surface area contributed by atoms with Crippen molar-refractivity contribution in [1.29, 1.82) is 0 Å². The molecule has 1 aliphatic rings. The average Bonchev–Trinajstić information content (AvgIpc) is 2.26. The van der Waals surface area contributed by atoms with Crippen LogP contribution in [0.3, 0.4) is 0 Å². The number of aliphatic carboxylic acids is 1. The van der Waals surface area contributed by atoms with Crippen molar-refractivity contribution in [2.75, 3.05) is 20.1 Å². The zero-order valence-electron chi connectivity index (χ0n) is 10.9. The van der Waals surface area contributed by atoms with Crippen LogP contribution in [0.2, 0.25) is 6.32 Å². The molecule has 1 saturated heterocycles. The van der Waals surface area contributed by atoms with E-state index in [1.165, 1.54) is 0 Å². The smallest absolute Gasteiger partial charge is 0.451 e. The van der Waals surface area contributed by atoms with Crippen molar-refractivity contribution in [3.63, 3.8) is 0 Å². The molecule has 0 spiro atoms. The van der Waals surface area contributed by atoms with Crippen LogP contribution in [0.5, 0.6) is 0 Å². The first-order valence-electron chi connectivity index (χ1n) is 6.53. The van der Waals surface area contributed by atoms with Crippen molar-refractivity contribution in [3.05, 3.63) is 0 Å². The molecule has 1 fully saturated rings. The van der Waals surface area contributed by atoms with Crippen molar-refractivity contribution in [2.24, 2.45) is 0 Å². The minimum absolute atomic E-state index is 0.255. The molecule has 0 aromatic carbocycles. The Bertz CT molecular complexity index is 265. The van der Waals surface area contributed by atoms with Gasteiger partial charge in [-0.25, -0.2) is 0 Å². The Morgan fingerprint density at radius 2 is 2.22 bits per heavy atom. The standard InChI is InChI=1S/C11H23BN2O4/c1-14-7-3-5-10(11(15)16)13-8-9(14)4-2-6-12(17)18/h9-10,13,17-18H,2-8H2,1H3,(H,15,16)/t9-,10+/m1/s1. The molecule has 0 aromatic rings. The number of carbonyl (C=O) groups is 1. The van der Waals surface area contributed by atoms with E-state index in [0.29, 0.717) is 19.3 Å². The van der Waals surface area contributed by atoms with Crippen LogP contribution in [0.15, 0.2) is 0 Å². The van der Waals surface area contributed by atoms with Gasteiger partial charge < -0.3 is 25.4 Å². The lowest BCUT2D eigenvalue weighted by Gasteiger charge is -2.32. The second kappa shape index (κ2) is 7.73. The lowest BCUT2D eigenvalue weighted by Crippen LogP contribution is -2.49. The highest BCUT2D eigenvalue weighted by molar-refractivity contribution is 6.40. The third kappa shape index (κ3) is 5.35. The summed E-state index contributed by atoms with van der Waals surface area (Å²) < 4.78 is 0. The van der Waals surface area contributed by atoms with Crippen molar-refractivity contribution < 1.29 is 19.9 Å². The summed E-state index contributed by atoms with van der Waals surface area (Å²) in [5.41, 5.74) is 0. The number of rotatable bonds is 5. The minimum atomic E-state index is -1.25. The Hall–Kier alpha value is -0.625. The van der Waals surface area contributed by atoms with E-state index < -0.39 is 19.1 Å². The van der Waals surface area contributed by atoms with E-state index in [-0.39, 0.29) is 6.04 Å². The normalized spacial score (nSPS) is 26.4. The molecule has 2 atom stereocenters. The minimum Gasteiger partial charge on any atom is -0.480 e. The fourth-order valence-corrected chi connectivity index (χ4v) is 2.33. The molecule has 0 bridgehead atoms. The summed E-state index contributed by atoms with van der Waals surface area (Å²) in [5, 5.41) is 29.7. The molecule has 1 rings (SSSR count). The highest BCUT2D eigenvalue weighted by atomic mass is 16.4. The van der Waals surface area contributed by atoms with E-state index in [1.54, 1.807) is 0 Å². The van der Waals surface area contributed by atoms with Crippen LogP contribution in [0.25, 0.3) is 0 Å². The quantitative estimate of drug-likeness (QED) is 0.491. The van der Waals surface area contributed by atoms with Crippen LogP contribution in [-0.4, -0.2) is 65.4 Å². The zero-order chi connectivity index (χ0) is 13.5. The van der Waals surface area contributed by atoms with Gasteiger partial charge in [0, 0.05) is 12.6 Å². The van der Waals surface area contributed by atoms with Gasteiger partial charge in [-0.3, -0.25) is 4.79 Å². The van der Waals surface area contributed by atoms with Crippen LogP contribution in [-0.2, 0) is 4.79 Å². The van der Waals surface area contributed by atoms with Gasteiger partial charge in [-0.1, -0.05) is 6.42 Å². The molecule has 1 heterocycles. The van der Waals surface area contributed by atoms with Crippen LogP contribution in [0, 0.1) is 0 Å². The molecule has 0 radical (unpaired) electrons. The fourth-order valence-electron chi connectivity index (χ4n) is 2.33. The third-order valence-corrected chi connectivity index (χ3v) is 3.52. The van der Waals surface area contributed by atoms with E-state index in [4.69, 9.17) is 15.2 Å². The van der Waals surface area contributed by atoms with Gasteiger partial charge >= 0.3 is 13.1 Å². The number of hydrogen-bond donors (Lipinski definition) is 4. The van der Waals surface area contributed by atoms with E-state index in [0.717, 1.165) is 25.8 Å². The molecule has 7 heteroatoms. The van der Waals surface area contributed by atoms with E-state index >= 15 is 0 Å². The molecule has 0 amide bonds. The van der Waals surface area contributed by atoms with Gasteiger partial charge in [-0.15, -0.1) is 0 Å². The Kier molecular flexibility index (Phi) is 6.63. The van der Waals surface area contributed by atoms with E-state index in [1.807, 2.05) is 7.05 Å². The maximum absolute atomic E-state index is 11.0. The third-order valence-electron chi connectivity index (χ3n) is 3.52. The molecule has 104 valence electrons. The van der Waals surface area contributed by atoms with E-state index in [9.17, 15) is 4.79 Å². The summed E-state index contributed by atoms with van der Waals surface area (Å²) in [6.07, 6.45) is 3.45. The maximum Gasteiger partial charge on any atom is 0.451 e. The molecular weight excluding hydrogens is 235 g/mol. The van der Waals surface area contributed by atoms with Gasteiger partial charge in [0.1, 0.15) is 6.04 Å². The monoisotopic (exact) mass is 258 g/mol. The van der Waals surface area contributed by atoms with Crippen molar-refractivity contribution in [1.82, 2.24) is 10.2 Å². The van der Waals surface area contributed by atoms with Gasteiger partial charge in [0.15, 0.2) is 0 Å². The van der Waals surface area contributed by atoms with Crippen LogP contribution in [0.4, 0.5) is 0 Å². The van der Waals surface area contributed by atoms with Gasteiger partial charge in [0.05, 0.1) is 0 Å². The lowest BCUT2D eigenvalue weighted by atomic mass is 9.83. The largest absolute Gasteiger partial charge is 0.480 e. The molecule has 0 saturated carbocycles. The number of likely N-dealkylation sites (N-methyl/N-ethyl adjacent to an activating group) is 1. The first kappa shape index (κ1) is 15.4. The number of hydrogen-bond acceptors (Lipinski definition) is 5. The molecule has 6 nitrogen and oxygen atoms in total. The molecule has 0 aromatic heterocycles. The predicted molar refractivity (Wildman–Crippen MR) is 69.3 cm³/mol. The van der Waals surface area contributed by atoms with Crippen LogP contribution < -0.4 is 5.32 Å². The Balaban J connectivity index is 2.41. The highest BCUT2D eigenvalue weighted by Gasteiger charge is 2.24. The molecule has 1 aliphatic heterocycles. The predicted octanol–water partition coefficient (Wildman–Crippen LogP) is -0.624. The topological polar surface area (TPSA) is 93.0 Å². The second-order valence-electron chi connectivity index (χ2n) is 4.99. The molecule has 0 unspecified atom stereocenters. The summed E-state index contributed by atoms with van der Waals surface area (Å²) in [7, 11) is 0.784. The zero-order valence-corrected chi connectivity index (χ0v) is 10.9. The summed E-state index contributed by atoms with van der Waals surface area (Å²) >= 11 is 0. The first-order chi connectivity index (χ1) is 8.50. The van der Waals surface area contributed by atoms with Crippen molar-refractivity contribution >= 4 is 13.1 Å². The maximum atomic E-state index is 11.0. The van der Waals surface area contributed by atoms with Crippen molar-refractivity contribution in [3.8, 4) is 0 Å². The molecule has 4 N–H and O–H groups in total. The summed E-state index contributed by atoms with van der Waals surface area (Å²) in [6, 6.07) is -0.199. The first-order valence-corrected chi connectivity index (χ1v) is 6.53. The summed E-state index contributed by atoms with van der Waals surface area (Å²) in [4.78, 5) is 13.2. The van der Waals surface area contributed by atoms with Crippen LogP contribution >= 0.6 is 0 Å². The van der Waals surface area contributed by atoms with Crippen molar-refractivity contribution in [2.45, 2.75) is 44.1 Å². The van der Waals surface area contributed by atoms with E-state index in [2.05, 4.69) is 10.2 Å². The SMILES string of the molecule is CN1CCC[C@@H](C(=O)O)NC[C@H]1CCCB(O)O. The number of carboxylic acids is 1.